The molecule has 1 aliphatic rings. The standard InChI is InChI=1S/C19H22N4/c1-3-15-6-4-5-7-17(15)23(12-14-8-9-14)19-10-18-16(11-20-19)21-13-22(18)2/h4-7,10-11,13-14H,3,8-9,12H2,1-2H3. The van der Waals surface area contributed by atoms with E-state index in [0.717, 1.165) is 35.7 Å². The average molecular weight is 306 g/mol. The predicted octanol–water partition coefficient (Wildman–Crippen LogP) is 4.08. The summed E-state index contributed by atoms with van der Waals surface area (Å²) in [5.74, 6) is 1.82. The van der Waals surface area contributed by atoms with Crippen molar-refractivity contribution in [3.05, 3.63) is 48.4 Å². The number of aromatic nitrogens is 3. The molecule has 1 aromatic carbocycles. The van der Waals surface area contributed by atoms with Crippen molar-refractivity contribution in [2.24, 2.45) is 13.0 Å². The summed E-state index contributed by atoms with van der Waals surface area (Å²) in [6.07, 6.45) is 7.43. The first kappa shape index (κ1) is 14.2. The van der Waals surface area contributed by atoms with Crippen LogP contribution in [0.25, 0.3) is 11.0 Å². The van der Waals surface area contributed by atoms with Crippen molar-refractivity contribution in [2.75, 3.05) is 11.4 Å². The minimum Gasteiger partial charge on any atom is -0.334 e. The highest BCUT2D eigenvalue weighted by Gasteiger charge is 2.27. The van der Waals surface area contributed by atoms with E-state index in [4.69, 9.17) is 4.98 Å². The van der Waals surface area contributed by atoms with Gasteiger partial charge in [-0.1, -0.05) is 25.1 Å². The zero-order valence-electron chi connectivity index (χ0n) is 13.7. The van der Waals surface area contributed by atoms with E-state index in [2.05, 4.69) is 51.7 Å². The molecule has 1 fully saturated rings. The Morgan fingerprint density at radius 3 is 2.83 bits per heavy atom. The van der Waals surface area contributed by atoms with Crippen LogP contribution in [0.5, 0.6) is 0 Å². The summed E-state index contributed by atoms with van der Waals surface area (Å²) in [5.41, 5.74) is 4.74. The summed E-state index contributed by atoms with van der Waals surface area (Å²) in [6.45, 7) is 3.26. The Morgan fingerprint density at radius 1 is 1.22 bits per heavy atom. The van der Waals surface area contributed by atoms with Gasteiger partial charge in [-0.15, -0.1) is 0 Å². The number of anilines is 2. The highest BCUT2D eigenvalue weighted by molar-refractivity contribution is 5.79. The highest BCUT2D eigenvalue weighted by atomic mass is 15.2. The highest BCUT2D eigenvalue weighted by Crippen LogP contribution is 2.36. The van der Waals surface area contributed by atoms with Gasteiger partial charge in [0.15, 0.2) is 0 Å². The molecule has 0 radical (unpaired) electrons. The Balaban J connectivity index is 1.81. The van der Waals surface area contributed by atoms with Gasteiger partial charge in [0.05, 0.1) is 18.0 Å². The van der Waals surface area contributed by atoms with E-state index < -0.39 is 0 Å². The number of benzene rings is 1. The molecule has 2 heterocycles. The summed E-state index contributed by atoms with van der Waals surface area (Å²) in [7, 11) is 2.03. The van der Waals surface area contributed by atoms with Gasteiger partial charge < -0.3 is 9.47 Å². The van der Waals surface area contributed by atoms with E-state index in [-0.39, 0.29) is 0 Å². The zero-order chi connectivity index (χ0) is 15.8. The van der Waals surface area contributed by atoms with Gasteiger partial charge in [0.1, 0.15) is 11.3 Å². The monoisotopic (exact) mass is 306 g/mol. The van der Waals surface area contributed by atoms with Crippen molar-refractivity contribution in [2.45, 2.75) is 26.2 Å². The van der Waals surface area contributed by atoms with Crippen LogP contribution in [-0.4, -0.2) is 21.1 Å². The van der Waals surface area contributed by atoms with Gasteiger partial charge >= 0.3 is 0 Å². The minimum atomic E-state index is 0.795. The molecule has 23 heavy (non-hydrogen) atoms. The summed E-state index contributed by atoms with van der Waals surface area (Å²) < 4.78 is 2.06. The molecule has 0 bridgehead atoms. The molecule has 4 nitrogen and oxygen atoms in total. The molecule has 4 rings (SSSR count). The van der Waals surface area contributed by atoms with Gasteiger partial charge in [0.25, 0.3) is 0 Å². The summed E-state index contributed by atoms with van der Waals surface area (Å²) in [4.78, 5) is 11.5. The van der Waals surface area contributed by atoms with Crippen LogP contribution < -0.4 is 4.90 Å². The number of pyridine rings is 1. The fourth-order valence-corrected chi connectivity index (χ4v) is 3.11. The maximum Gasteiger partial charge on any atom is 0.135 e. The first-order valence-electron chi connectivity index (χ1n) is 8.38. The van der Waals surface area contributed by atoms with Crippen molar-refractivity contribution in [3.8, 4) is 0 Å². The van der Waals surface area contributed by atoms with Crippen LogP contribution in [0.3, 0.4) is 0 Å². The van der Waals surface area contributed by atoms with E-state index in [1.807, 2.05) is 19.6 Å². The van der Waals surface area contributed by atoms with Crippen LogP contribution in [0.15, 0.2) is 42.9 Å². The third-order valence-electron chi connectivity index (χ3n) is 4.67. The summed E-state index contributed by atoms with van der Waals surface area (Å²) >= 11 is 0. The second-order valence-corrected chi connectivity index (χ2v) is 6.42. The van der Waals surface area contributed by atoms with Gasteiger partial charge in [-0.05, 0) is 36.8 Å². The molecule has 0 unspecified atom stereocenters. The Kier molecular flexibility index (Phi) is 3.52. The number of rotatable bonds is 5. The molecule has 0 amide bonds. The van der Waals surface area contributed by atoms with Crippen molar-refractivity contribution in [1.29, 1.82) is 0 Å². The number of para-hydroxylation sites is 1. The Morgan fingerprint density at radius 2 is 2.04 bits per heavy atom. The van der Waals surface area contributed by atoms with Crippen LogP contribution in [0, 0.1) is 5.92 Å². The number of fused-ring (bicyclic) bond motifs is 1. The van der Waals surface area contributed by atoms with Gasteiger partial charge in [-0.3, -0.25) is 0 Å². The summed E-state index contributed by atoms with van der Waals surface area (Å²) in [6, 6.07) is 10.8. The van der Waals surface area contributed by atoms with Crippen LogP contribution in [0.1, 0.15) is 25.3 Å². The van der Waals surface area contributed by atoms with Crippen LogP contribution in [0.2, 0.25) is 0 Å². The maximum absolute atomic E-state index is 4.70. The lowest BCUT2D eigenvalue weighted by Crippen LogP contribution is -2.22. The number of aryl methyl sites for hydroxylation is 2. The maximum atomic E-state index is 4.70. The zero-order valence-corrected chi connectivity index (χ0v) is 13.7. The van der Waals surface area contributed by atoms with E-state index in [0.29, 0.717) is 0 Å². The normalized spacial score (nSPS) is 14.3. The number of hydrogen-bond acceptors (Lipinski definition) is 3. The molecule has 1 aliphatic carbocycles. The van der Waals surface area contributed by atoms with Gasteiger partial charge in [-0.2, -0.15) is 0 Å². The molecule has 0 saturated heterocycles. The third kappa shape index (κ3) is 2.69. The van der Waals surface area contributed by atoms with Gasteiger partial charge in [-0.25, -0.2) is 9.97 Å². The fourth-order valence-electron chi connectivity index (χ4n) is 3.11. The SMILES string of the molecule is CCc1ccccc1N(CC1CC1)c1cc2c(cn1)ncn2C. The van der Waals surface area contributed by atoms with E-state index in [1.165, 1.54) is 24.1 Å². The van der Waals surface area contributed by atoms with Crippen molar-refractivity contribution in [1.82, 2.24) is 14.5 Å². The predicted molar refractivity (Wildman–Crippen MR) is 94.1 cm³/mol. The van der Waals surface area contributed by atoms with E-state index in [1.54, 1.807) is 0 Å². The average Bonchev–Trinajstić information content (AvgIpc) is 3.35. The fraction of sp³-hybridized carbons (Fsp3) is 0.368. The van der Waals surface area contributed by atoms with Crippen molar-refractivity contribution in [3.63, 3.8) is 0 Å². The number of nitrogens with zero attached hydrogens (tertiary/aromatic N) is 4. The quantitative estimate of drug-likeness (QED) is 0.712. The van der Waals surface area contributed by atoms with Crippen molar-refractivity contribution < 1.29 is 0 Å². The molecular formula is C19H22N4. The smallest absolute Gasteiger partial charge is 0.135 e. The third-order valence-corrected chi connectivity index (χ3v) is 4.67. The van der Waals surface area contributed by atoms with Gasteiger partial charge in [0, 0.05) is 25.3 Å². The molecule has 0 spiro atoms. The lowest BCUT2D eigenvalue weighted by atomic mass is 10.1. The molecule has 0 N–H and O–H groups in total. The van der Waals surface area contributed by atoms with Crippen molar-refractivity contribution >= 4 is 22.5 Å². The first-order valence-corrected chi connectivity index (χ1v) is 8.38. The Labute approximate surface area is 136 Å². The molecule has 118 valence electrons. The second-order valence-electron chi connectivity index (χ2n) is 6.42. The van der Waals surface area contributed by atoms with Gasteiger partial charge in [0.2, 0.25) is 0 Å². The molecule has 0 atom stereocenters. The van der Waals surface area contributed by atoms with Crippen LogP contribution >= 0.6 is 0 Å². The van der Waals surface area contributed by atoms with E-state index in [9.17, 15) is 0 Å². The molecule has 2 aromatic heterocycles. The minimum absolute atomic E-state index is 0.795. The topological polar surface area (TPSA) is 34.0 Å². The molecule has 1 saturated carbocycles. The Hall–Kier alpha value is -2.36. The Bertz CT molecular complexity index is 832. The molecule has 4 heteroatoms. The molecule has 0 aliphatic heterocycles. The largest absolute Gasteiger partial charge is 0.334 e. The van der Waals surface area contributed by atoms with Crippen LogP contribution in [-0.2, 0) is 13.5 Å². The lowest BCUT2D eigenvalue weighted by Gasteiger charge is -2.26. The molecule has 3 aromatic rings. The lowest BCUT2D eigenvalue weighted by molar-refractivity contribution is 0.800. The first-order chi connectivity index (χ1) is 11.3. The number of imidazole rings is 1. The van der Waals surface area contributed by atoms with E-state index >= 15 is 0 Å². The number of hydrogen-bond donors (Lipinski definition) is 0. The molecular weight excluding hydrogens is 284 g/mol. The van der Waals surface area contributed by atoms with Crippen LogP contribution in [0.4, 0.5) is 11.5 Å². The summed E-state index contributed by atoms with van der Waals surface area (Å²) in [5, 5.41) is 0. The second kappa shape index (κ2) is 5.69.